The van der Waals surface area contributed by atoms with Crippen molar-refractivity contribution >= 4 is 23.4 Å². The van der Waals surface area contributed by atoms with Crippen molar-refractivity contribution in [2.24, 2.45) is 5.92 Å². The van der Waals surface area contributed by atoms with Gasteiger partial charge in [0.2, 0.25) is 5.91 Å². The number of rotatable bonds is 6. The highest BCUT2D eigenvalue weighted by Gasteiger charge is 2.30. The first-order chi connectivity index (χ1) is 11.6. The highest BCUT2D eigenvalue weighted by Crippen LogP contribution is 2.22. The maximum atomic E-state index is 12.7. The number of benzene rings is 1. The van der Waals surface area contributed by atoms with Crippen LogP contribution in [0.1, 0.15) is 49.9 Å². The van der Waals surface area contributed by atoms with E-state index in [1.54, 1.807) is 24.3 Å². The van der Waals surface area contributed by atoms with E-state index >= 15 is 0 Å². The predicted octanol–water partition coefficient (Wildman–Crippen LogP) is 3.84. The molecule has 132 valence electrons. The van der Waals surface area contributed by atoms with Gasteiger partial charge in [0.25, 0.3) is 5.91 Å². The number of nitrogens with zero attached hydrogens (tertiary/aromatic N) is 2. The molecule has 1 fully saturated rings. The minimum atomic E-state index is 0.0246. The van der Waals surface area contributed by atoms with Crippen molar-refractivity contribution in [1.82, 2.24) is 9.80 Å². The first-order valence-electron chi connectivity index (χ1n) is 8.90. The van der Waals surface area contributed by atoms with Gasteiger partial charge < -0.3 is 9.80 Å². The Labute approximate surface area is 149 Å². The zero-order valence-corrected chi connectivity index (χ0v) is 15.4. The zero-order chi connectivity index (χ0) is 17.5. The molecule has 0 aliphatic carbocycles. The third kappa shape index (κ3) is 4.73. The summed E-state index contributed by atoms with van der Waals surface area (Å²) >= 11 is 5.87. The Kier molecular flexibility index (Phi) is 7.10. The van der Waals surface area contributed by atoms with E-state index in [1.165, 1.54) is 0 Å². The van der Waals surface area contributed by atoms with Gasteiger partial charge in [-0.2, -0.15) is 0 Å². The quantitative estimate of drug-likeness (QED) is 0.782. The summed E-state index contributed by atoms with van der Waals surface area (Å²) < 4.78 is 0. The van der Waals surface area contributed by atoms with Crippen molar-refractivity contribution in [3.8, 4) is 0 Å². The van der Waals surface area contributed by atoms with E-state index in [2.05, 4.69) is 13.8 Å². The standard InChI is InChI=1S/C19H27ClN2O2/c1-3-11-21(12-4-2)19(24)16-9-13-22(14-10-16)18(23)15-5-7-17(20)8-6-15/h5-8,16H,3-4,9-14H2,1-2H3. The molecule has 4 nitrogen and oxygen atoms in total. The lowest BCUT2D eigenvalue weighted by Gasteiger charge is -2.34. The number of piperidine rings is 1. The molecule has 0 saturated carbocycles. The average Bonchev–Trinajstić information content (AvgIpc) is 2.61. The summed E-state index contributed by atoms with van der Waals surface area (Å²) in [5, 5.41) is 0.628. The van der Waals surface area contributed by atoms with Crippen molar-refractivity contribution in [2.45, 2.75) is 39.5 Å². The lowest BCUT2D eigenvalue weighted by Crippen LogP contribution is -2.44. The van der Waals surface area contributed by atoms with Gasteiger partial charge in [0, 0.05) is 42.7 Å². The molecule has 1 aromatic carbocycles. The minimum Gasteiger partial charge on any atom is -0.342 e. The predicted molar refractivity (Wildman–Crippen MR) is 97.2 cm³/mol. The molecule has 5 heteroatoms. The second-order valence-corrected chi connectivity index (χ2v) is 6.84. The summed E-state index contributed by atoms with van der Waals surface area (Å²) in [7, 11) is 0. The van der Waals surface area contributed by atoms with Gasteiger partial charge >= 0.3 is 0 Å². The number of likely N-dealkylation sites (tertiary alicyclic amines) is 1. The Morgan fingerprint density at radius 1 is 1.08 bits per heavy atom. The molecule has 2 amide bonds. The maximum Gasteiger partial charge on any atom is 0.253 e. The molecule has 1 heterocycles. The monoisotopic (exact) mass is 350 g/mol. The van der Waals surface area contributed by atoms with Gasteiger partial charge in [-0.05, 0) is 49.9 Å². The summed E-state index contributed by atoms with van der Waals surface area (Å²) in [4.78, 5) is 29.0. The molecule has 1 aliphatic rings. The molecule has 1 aromatic rings. The number of amides is 2. The minimum absolute atomic E-state index is 0.0246. The summed E-state index contributed by atoms with van der Waals surface area (Å²) in [5.41, 5.74) is 0.655. The van der Waals surface area contributed by atoms with Gasteiger partial charge in [0.15, 0.2) is 0 Å². The molecule has 0 bridgehead atoms. The van der Waals surface area contributed by atoms with Crippen LogP contribution in [0.15, 0.2) is 24.3 Å². The molecule has 2 rings (SSSR count). The van der Waals surface area contributed by atoms with Crippen LogP contribution in [-0.4, -0.2) is 47.8 Å². The lowest BCUT2D eigenvalue weighted by molar-refractivity contribution is -0.137. The van der Waals surface area contributed by atoms with Crippen LogP contribution in [0.3, 0.4) is 0 Å². The molecule has 0 radical (unpaired) electrons. The van der Waals surface area contributed by atoms with Crippen molar-refractivity contribution in [1.29, 1.82) is 0 Å². The fourth-order valence-corrected chi connectivity index (χ4v) is 3.36. The number of hydrogen-bond acceptors (Lipinski definition) is 2. The van der Waals surface area contributed by atoms with Crippen LogP contribution in [0.25, 0.3) is 0 Å². The third-order valence-electron chi connectivity index (χ3n) is 4.52. The highest BCUT2D eigenvalue weighted by molar-refractivity contribution is 6.30. The number of carbonyl (C=O) groups is 2. The second kappa shape index (κ2) is 9.07. The van der Waals surface area contributed by atoms with E-state index in [4.69, 9.17) is 11.6 Å². The van der Waals surface area contributed by atoms with Gasteiger partial charge in [-0.1, -0.05) is 25.4 Å². The molecule has 0 aromatic heterocycles. The number of carbonyl (C=O) groups excluding carboxylic acids is 2. The van der Waals surface area contributed by atoms with Crippen molar-refractivity contribution in [2.75, 3.05) is 26.2 Å². The maximum absolute atomic E-state index is 12.7. The second-order valence-electron chi connectivity index (χ2n) is 6.40. The molecular weight excluding hydrogens is 324 g/mol. The first kappa shape index (κ1) is 18.8. The van der Waals surface area contributed by atoms with Crippen LogP contribution < -0.4 is 0 Å². The van der Waals surface area contributed by atoms with Crippen molar-refractivity contribution < 1.29 is 9.59 Å². The van der Waals surface area contributed by atoms with E-state index < -0.39 is 0 Å². The van der Waals surface area contributed by atoms with Crippen LogP contribution in [0, 0.1) is 5.92 Å². The van der Waals surface area contributed by atoms with Gasteiger partial charge in [0.1, 0.15) is 0 Å². The molecule has 1 aliphatic heterocycles. The number of hydrogen-bond donors (Lipinski definition) is 0. The Bertz CT molecular complexity index is 545. The van der Waals surface area contributed by atoms with E-state index in [9.17, 15) is 9.59 Å². The average molecular weight is 351 g/mol. The molecule has 1 saturated heterocycles. The normalized spacial score (nSPS) is 15.4. The molecule has 0 atom stereocenters. The lowest BCUT2D eigenvalue weighted by atomic mass is 9.94. The molecule has 0 unspecified atom stereocenters. The molecule has 0 spiro atoms. The van der Waals surface area contributed by atoms with E-state index in [-0.39, 0.29) is 17.7 Å². The third-order valence-corrected chi connectivity index (χ3v) is 4.77. The van der Waals surface area contributed by atoms with Crippen LogP contribution in [0.4, 0.5) is 0 Å². The van der Waals surface area contributed by atoms with Crippen LogP contribution in [0.5, 0.6) is 0 Å². The SMILES string of the molecule is CCCN(CCC)C(=O)C1CCN(C(=O)c2ccc(Cl)cc2)CC1. The number of halogens is 1. The van der Waals surface area contributed by atoms with Crippen LogP contribution in [-0.2, 0) is 4.79 Å². The van der Waals surface area contributed by atoms with Gasteiger partial charge in [0.05, 0.1) is 0 Å². The summed E-state index contributed by atoms with van der Waals surface area (Å²) in [6.07, 6.45) is 3.48. The van der Waals surface area contributed by atoms with Gasteiger partial charge in [-0.15, -0.1) is 0 Å². The zero-order valence-electron chi connectivity index (χ0n) is 14.6. The fourth-order valence-electron chi connectivity index (χ4n) is 3.23. The smallest absolute Gasteiger partial charge is 0.253 e. The Morgan fingerprint density at radius 2 is 1.62 bits per heavy atom. The van der Waals surface area contributed by atoms with Crippen LogP contribution in [0.2, 0.25) is 5.02 Å². The Balaban J connectivity index is 1.91. The topological polar surface area (TPSA) is 40.6 Å². The molecular formula is C19H27ClN2O2. The summed E-state index contributed by atoms with van der Waals surface area (Å²) in [6.45, 7) is 7.15. The van der Waals surface area contributed by atoms with E-state index in [0.717, 1.165) is 38.8 Å². The van der Waals surface area contributed by atoms with Crippen molar-refractivity contribution in [3.63, 3.8) is 0 Å². The van der Waals surface area contributed by atoms with Crippen molar-refractivity contribution in [3.05, 3.63) is 34.9 Å². The highest BCUT2D eigenvalue weighted by atomic mass is 35.5. The largest absolute Gasteiger partial charge is 0.342 e. The Hall–Kier alpha value is -1.55. The molecule has 0 N–H and O–H groups in total. The fraction of sp³-hybridized carbons (Fsp3) is 0.579. The van der Waals surface area contributed by atoms with Gasteiger partial charge in [-0.3, -0.25) is 9.59 Å². The molecule has 24 heavy (non-hydrogen) atoms. The first-order valence-corrected chi connectivity index (χ1v) is 9.28. The Morgan fingerprint density at radius 3 is 2.12 bits per heavy atom. The van der Waals surface area contributed by atoms with Crippen LogP contribution >= 0.6 is 11.6 Å². The van der Waals surface area contributed by atoms with E-state index in [0.29, 0.717) is 23.7 Å². The summed E-state index contributed by atoms with van der Waals surface area (Å²) in [6, 6.07) is 6.98. The summed E-state index contributed by atoms with van der Waals surface area (Å²) in [5.74, 6) is 0.339. The van der Waals surface area contributed by atoms with Gasteiger partial charge in [-0.25, -0.2) is 0 Å². The van der Waals surface area contributed by atoms with E-state index in [1.807, 2.05) is 9.80 Å².